The number of hydrogen-bond acceptors (Lipinski definition) is 3. The molecule has 0 saturated carbocycles. The van der Waals surface area contributed by atoms with E-state index in [1.165, 1.54) is 0 Å². The first-order valence-corrected chi connectivity index (χ1v) is 3.73. The van der Waals surface area contributed by atoms with Crippen LogP contribution >= 0.6 is 0 Å². The molecule has 2 rings (SSSR count). The van der Waals surface area contributed by atoms with Gasteiger partial charge in [-0.15, -0.1) is 0 Å². The summed E-state index contributed by atoms with van der Waals surface area (Å²) in [6.07, 6.45) is 1.95. The summed E-state index contributed by atoms with van der Waals surface area (Å²) in [4.78, 5) is 8.19. The molecule has 2 aromatic heterocycles. The molecule has 4 heteroatoms. The van der Waals surface area contributed by atoms with Gasteiger partial charge in [-0.05, 0) is 13.0 Å². The number of nitrogens with two attached hydrogens (primary N) is 1. The predicted molar refractivity (Wildman–Crippen MR) is 47.7 cm³/mol. The van der Waals surface area contributed by atoms with Crippen LogP contribution in [0.3, 0.4) is 0 Å². The summed E-state index contributed by atoms with van der Waals surface area (Å²) in [6, 6.07) is 1.99. The fraction of sp³-hybridized carbons (Fsp3) is 0.250. The van der Waals surface area contributed by atoms with Crippen molar-refractivity contribution < 1.29 is 0 Å². The monoisotopic (exact) mass is 162 g/mol. The van der Waals surface area contributed by atoms with Crippen molar-refractivity contribution in [3.05, 3.63) is 18.0 Å². The van der Waals surface area contributed by atoms with E-state index in [0.717, 1.165) is 16.7 Å². The summed E-state index contributed by atoms with van der Waals surface area (Å²) in [5.74, 6) is 0.335. The van der Waals surface area contributed by atoms with Gasteiger partial charge in [0.05, 0.1) is 5.69 Å². The van der Waals surface area contributed by atoms with E-state index in [1.54, 1.807) is 0 Å². The van der Waals surface area contributed by atoms with Gasteiger partial charge in [0, 0.05) is 18.6 Å². The second kappa shape index (κ2) is 2.20. The van der Waals surface area contributed by atoms with Crippen molar-refractivity contribution in [1.82, 2.24) is 14.5 Å². The molecule has 0 fully saturated rings. The van der Waals surface area contributed by atoms with Crippen LogP contribution in [0.15, 0.2) is 12.3 Å². The smallest absolute Gasteiger partial charge is 0.222 e. The van der Waals surface area contributed by atoms with Crippen LogP contribution in [-0.2, 0) is 7.05 Å². The first-order chi connectivity index (χ1) is 5.68. The average molecular weight is 162 g/mol. The van der Waals surface area contributed by atoms with Gasteiger partial charge in [-0.25, -0.2) is 4.98 Å². The lowest BCUT2D eigenvalue weighted by atomic mass is 10.3. The second-order valence-electron chi connectivity index (χ2n) is 2.83. The molecule has 2 N–H and O–H groups in total. The standard InChI is InChI=1S/C8H10N4/c1-5-6-3-4-12(2)7(6)11-8(9)10-5/h3-4H,1-2H3,(H2,9,10,11). The zero-order chi connectivity index (χ0) is 8.72. The minimum absolute atomic E-state index is 0.335. The van der Waals surface area contributed by atoms with Crippen molar-refractivity contribution in [3.8, 4) is 0 Å². The molecule has 0 amide bonds. The molecule has 0 radical (unpaired) electrons. The SMILES string of the molecule is Cc1nc(N)nc2c1ccn2C. The van der Waals surface area contributed by atoms with Crippen LogP contribution in [-0.4, -0.2) is 14.5 Å². The number of rotatable bonds is 0. The van der Waals surface area contributed by atoms with Crippen LogP contribution < -0.4 is 5.73 Å². The average Bonchev–Trinajstić information content (AvgIpc) is 2.33. The highest BCUT2D eigenvalue weighted by Gasteiger charge is 2.04. The second-order valence-corrected chi connectivity index (χ2v) is 2.83. The van der Waals surface area contributed by atoms with Gasteiger partial charge in [0.1, 0.15) is 5.65 Å². The normalized spacial score (nSPS) is 10.8. The Balaban J connectivity index is 2.92. The zero-order valence-corrected chi connectivity index (χ0v) is 7.07. The molecule has 0 bridgehead atoms. The molecule has 0 spiro atoms. The molecule has 12 heavy (non-hydrogen) atoms. The summed E-state index contributed by atoms with van der Waals surface area (Å²) >= 11 is 0. The van der Waals surface area contributed by atoms with Gasteiger partial charge in [0.2, 0.25) is 5.95 Å². The summed E-state index contributed by atoms with van der Waals surface area (Å²) in [5, 5.41) is 1.06. The van der Waals surface area contributed by atoms with E-state index in [9.17, 15) is 0 Å². The quantitative estimate of drug-likeness (QED) is 0.625. The summed E-state index contributed by atoms with van der Waals surface area (Å²) in [5.41, 5.74) is 7.33. The van der Waals surface area contributed by atoms with E-state index in [0.29, 0.717) is 5.95 Å². The largest absolute Gasteiger partial charge is 0.368 e. The van der Waals surface area contributed by atoms with Crippen molar-refractivity contribution in [2.45, 2.75) is 6.92 Å². The van der Waals surface area contributed by atoms with Crippen LogP contribution in [0, 0.1) is 6.92 Å². The Bertz CT molecular complexity index is 430. The molecule has 0 saturated heterocycles. The lowest BCUT2D eigenvalue weighted by molar-refractivity contribution is 0.944. The molecule has 2 aromatic rings. The van der Waals surface area contributed by atoms with Crippen molar-refractivity contribution in [2.75, 3.05) is 5.73 Å². The third kappa shape index (κ3) is 0.845. The molecular formula is C8H10N4. The Morgan fingerprint density at radius 3 is 2.92 bits per heavy atom. The molecule has 0 atom stereocenters. The van der Waals surface area contributed by atoms with Crippen LogP contribution in [0.2, 0.25) is 0 Å². The predicted octanol–water partition coefficient (Wildman–Crippen LogP) is 0.859. The van der Waals surface area contributed by atoms with Gasteiger partial charge in [-0.3, -0.25) is 0 Å². The molecule has 0 aromatic carbocycles. The number of fused-ring (bicyclic) bond motifs is 1. The van der Waals surface area contributed by atoms with E-state index in [4.69, 9.17) is 5.73 Å². The minimum Gasteiger partial charge on any atom is -0.368 e. The van der Waals surface area contributed by atoms with Crippen LogP contribution in [0.4, 0.5) is 5.95 Å². The zero-order valence-electron chi connectivity index (χ0n) is 7.07. The number of nitrogens with zero attached hydrogens (tertiary/aromatic N) is 3. The number of aryl methyl sites for hydroxylation is 2. The van der Waals surface area contributed by atoms with Gasteiger partial charge in [-0.2, -0.15) is 4.98 Å². The summed E-state index contributed by atoms with van der Waals surface area (Å²) < 4.78 is 1.93. The van der Waals surface area contributed by atoms with Crippen molar-refractivity contribution in [1.29, 1.82) is 0 Å². The molecular weight excluding hydrogens is 152 g/mol. The van der Waals surface area contributed by atoms with Crippen molar-refractivity contribution in [3.63, 3.8) is 0 Å². The van der Waals surface area contributed by atoms with Crippen LogP contribution in [0.25, 0.3) is 11.0 Å². The molecule has 2 heterocycles. The Hall–Kier alpha value is -1.58. The third-order valence-electron chi connectivity index (χ3n) is 1.93. The molecule has 62 valence electrons. The number of hydrogen-bond donors (Lipinski definition) is 1. The third-order valence-corrected chi connectivity index (χ3v) is 1.93. The maximum atomic E-state index is 5.52. The number of nitrogen functional groups attached to an aromatic ring is 1. The Labute approximate surface area is 70.0 Å². The lowest BCUT2D eigenvalue weighted by Crippen LogP contribution is -1.98. The van der Waals surface area contributed by atoms with Crippen molar-refractivity contribution in [2.24, 2.45) is 7.05 Å². The highest BCUT2D eigenvalue weighted by Crippen LogP contribution is 2.15. The van der Waals surface area contributed by atoms with E-state index in [1.807, 2.05) is 30.8 Å². The van der Waals surface area contributed by atoms with Gasteiger partial charge in [-0.1, -0.05) is 0 Å². The van der Waals surface area contributed by atoms with Gasteiger partial charge in [0.25, 0.3) is 0 Å². The molecule has 0 unspecified atom stereocenters. The maximum Gasteiger partial charge on any atom is 0.222 e. The first kappa shape index (κ1) is 7.09. The highest BCUT2D eigenvalue weighted by atomic mass is 15.1. The summed E-state index contributed by atoms with van der Waals surface area (Å²) in [7, 11) is 1.94. The molecule has 0 aliphatic heterocycles. The Morgan fingerprint density at radius 1 is 1.42 bits per heavy atom. The van der Waals surface area contributed by atoms with Gasteiger partial charge >= 0.3 is 0 Å². The number of aromatic nitrogens is 3. The van der Waals surface area contributed by atoms with Crippen LogP contribution in [0.5, 0.6) is 0 Å². The first-order valence-electron chi connectivity index (χ1n) is 3.73. The lowest BCUT2D eigenvalue weighted by Gasteiger charge is -1.98. The highest BCUT2D eigenvalue weighted by molar-refractivity contribution is 5.79. The minimum atomic E-state index is 0.335. The fourth-order valence-electron chi connectivity index (χ4n) is 1.31. The van der Waals surface area contributed by atoms with Gasteiger partial charge in [0.15, 0.2) is 0 Å². The molecule has 0 aliphatic carbocycles. The fourth-order valence-corrected chi connectivity index (χ4v) is 1.31. The van der Waals surface area contributed by atoms with E-state index < -0.39 is 0 Å². The van der Waals surface area contributed by atoms with Crippen LogP contribution in [0.1, 0.15) is 5.69 Å². The molecule has 0 aliphatic rings. The Kier molecular flexibility index (Phi) is 1.30. The topological polar surface area (TPSA) is 56.7 Å². The summed E-state index contributed by atoms with van der Waals surface area (Å²) in [6.45, 7) is 1.93. The van der Waals surface area contributed by atoms with E-state index >= 15 is 0 Å². The Morgan fingerprint density at radius 2 is 2.17 bits per heavy atom. The molecule has 4 nitrogen and oxygen atoms in total. The van der Waals surface area contributed by atoms with Gasteiger partial charge < -0.3 is 10.3 Å². The van der Waals surface area contributed by atoms with E-state index in [2.05, 4.69) is 9.97 Å². The maximum absolute atomic E-state index is 5.52. The van der Waals surface area contributed by atoms with Crippen molar-refractivity contribution >= 4 is 17.0 Å². The number of anilines is 1. The van der Waals surface area contributed by atoms with E-state index in [-0.39, 0.29) is 0 Å².